The Hall–Kier alpha value is -4.61. The van der Waals surface area contributed by atoms with Gasteiger partial charge in [0.05, 0.1) is 10.5 Å². The van der Waals surface area contributed by atoms with E-state index < -0.39 is 28.7 Å². The van der Waals surface area contributed by atoms with Crippen LogP contribution in [0.25, 0.3) is 0 Å². The van der Waals surface area contributed by atoms with Crippen molar-refractivity contribution in [3.63, 3.8) is 0 Å². The molecule has 3 N–H and O–H groups in total. The second-order valence-electron chi connectivity index (χ2n) is 7.98. The van der Waals surface area contributed by atoms with Gasteiger partial charge in [-0.2, -0.15) is 13.2 Å². The average molecular weight is 515 g/mol. The van der Waals surface area contributed by atoms with Crippen molar-refractivity contribution in [2.75, 3.05) is 28.6 Å². The number of carbonyl (C=O) groups excluding carboxylic acids is 2. The number of anilines is 3. The molecule has 3 aromatic rings. The van der Waals surface area contributed by atoms with E-state index in [1.165, 1.54) is 36.4 Å². The van der Waals surface area contributed by atoms with E-state index in [0.717, 1.165) is 22.6 Å². The largest absolute Gasteiger partial charge is 0.416 e. The van der Waals surface area contributed by atoms with Crippen LogP contribution in [-0.2, 0) is 6.18 Å². The first kappa shape index (κ1) is 27.0. The summed E-state index contributed by atoms with van der Waals surface area (Å²) in [4.78, 5) is 36.5. The number of carbonyl (C=O) groups is 2. The van der Waals surface area contributed by atoms with Crippen molar-refractivity contribution in [1.29, 1.82) is 0 Å². The molecular formula is C25H24F3N5O4. The van der Waals surface area contributed by atoms with E-state index in [1.54, 1.807) is 12.1 Å². The van der Waals surface area contributed by atoms with Crippen molar-refractivity contribution in [3.05, 3.63) is 94.0 Å². The molecule has 0 atom stereocenters. The predicted molar refractivity (Wildman–Crippen MR) is 134 cm³/mol. The van der Waals surface area contributed by atoms with E-state index in [2.05, 4.69) is 16.0 Å². The Kier molecular flexibility index (Phi) is 8.67. The molecule has 0 spiro atoms. The molecule has 0 saturated carbocycles. The summed E-state index contributed by atoms with van der Waals surface area (Å²) in [6.07, 6.45) is -4.38. The summed E-state index contributed by atoms with van der Waals surface area (Å²) in [5.74, 6) is 0. The topological polar surface area (TPSA) is 117 Å². The van der Waals surface area contributed by atoms with Crippen LogP contribution in [0, 0.1) is 17.0 Å². The quantitative estimate of drug-likeness (QED) is 0.189. The van der Waals surface area contributed by atoms with Crippen molar-refractivity contribution < 1.29 is 27.7 Å². The van der Waals surface area contributed by atoms with Gasteiger partial charge in [0.1, 0.15) is 0 Å². The van der Waals surface area contributed by atoms with Crippen LogP contribution in [0.15, 0.2) is 72.8 Å². The molecule has 4 amide bonds. The summed E-state index contributed by atoms with van der Waals surface area (Å²) in [5.41, 5.74) is 0.628. The van der Waals surface area contributed by atoms with Gasteiger partial charge in [0.2, 0.25) is 0 Å². The number of nitro benzene ring substituents is 1. The number of nitro groups is 1. The van der Waals surface area contributed by atoms with Crippen molar-refractivity contribution in [2.24, 2.45) is 0 Å². The van der Waals surface area contributed by atoms with Crippen LogP contribution in [0.3, 0.4) is 0 Å². The Balaban J connectivity index is 1.69. The molecule has 194 valence electrons. The highest BCUT2D eigenvalue weighted by atomic mass is 19.4. The monoisotopic (exact) mass is 515 g/mol. The van der Waals surface area contributed by atoms with Gasteiger partial charge in [0, 0.05) is 42.3 Å². The SMILES string of the molecule is Cc1ccccc1NC(=O)NCCCN(C(=O)Nc1ccc([N+](=O)[O-])cc1)c1cccc(C(F)(F)F)c1. The fourth-order valence-electron chi connectivity index (χ4n) is 3.37. The number of hydrogen-bond acceptors (Lipinski definition) is 4. The lowest BCUT2D eigenvalue weighted by Gasteiger charge is -2.24. The third-order valence-corrected chi connectivity index (χ3v) is 5.30. The second-order valence-corrected chi connectivity index (χ2v) is 7.98. The Labute approximate surface area is 210 Å². The van der Waals surface area contributed by atoms with Gasteiger partial charge in [-0.25, -0.2) is 9.59 Å². The summed E-state index contributed by atoms with van der Waals surface area (Å²) in [5, 5.41) is 18.7. The molecule has 0 unspecified atom stereocenters. The van der Waals surface area contributed by atoms with E-state index in [1.807, 2.05) is 19.1 Å². The highest BCUT2D eigenvalue weighted by Gasteiger charge is 2.31. The maximum absolute atomic E-state index is 13.3. The van der Waals surface area contributed by atoms with E-state index in [9.17, 15) is 32.9 Å². The molecular weight excluding hydrogens is 491 g/mol. The molecule has 9 nitrogen and oxygen atoms in total. The minimum Gasteiger partial charge on any atom is -0.338 e. The first-order valence-corrected chi connectivity index (χ1v) is 11.2. The number of amides is 4. The number of non-ortho nitro benzene ring substituents is 1. The number of rotatable bonds is 8. The van der Waals surface area contributed by atoms with Gasteiger partial charge >= 0.3 is 18.2 Å². The number of para-hydroxylation sites is 1. The number of nitrogens with zero attached hydrogens (tertiary/aromatic N) is 2. The summed E-state index contributed by atoms with van der Waals surface area (Å²) >= 11 is 0. The van der Waals surface area contributed by atoms with Gasteiger partial charge in [-0.05, 0) is 55.3 Å². The number of hydrogen-bond donors (Lipinski definition) is 3. The summed E-state index contributed by atoms with van der Waals surface area (Å²) < 4.78 is 39.8. The van der Waals surface area contributed by atoms with Crippen molar-refractivity contribution in [1.82, 2.24) is 5.32 Å². The van der Waals surface area contributed by atoms with Crippen LogP contribution in [0.5, 0.6) is 0 Å². The zero-order valence-electron chi connectivity index (χ0n) is 19.7. The van der Waals surface area contributed by atoms with Crippen LogP contribution in [0.1, 0.15) is 17.5 Å². The highest BCUT2D eigenvalue weighted by molar-refractivity contribution is 6.01. The molecule has 0 saturated heterocycles. The lowest BCUT2D eigenvalue weighted by atomic mass is 10.1. The first-order valence-electron chi connectivity index (χ1n) is 11.2. The van der Waals surface area contributed by atoms with Crippen molar-refractivity contribution in [2.45, 2.75) is 19.5 Å². The maximum Gasteiger partial charge on any atom is 0.416 e. The number of benzene rings is 3. The van der Waals surface area contributed by atoms with Gasteiger partial charge < -0.3 is 16.0 Å². The molecule has 3 aromatic carbocycles. The number of halogens is 3. The minimum atomic E-state index is -4.61. The normalized spacial score (nSPS) is 10.9. The molecule has 0 bridgehead atoms. The number of aryl methyl sites for hydroxylation is 1. The molecule has 3 rings (SSSR count). The standard InChI is InChI=1S/C25H24F3N5O4/c1-17-6-2-3-9-22(17)31-23(34)29-14-5-15-32(21-8-4-7-18(16-21)25(26,27)28)24(35)30-19-10-12-20(13-11-19)33(36)37/h2-4,6-13,16H,5,14-15H2,1H3,(H,30,35)(H2,29,31,34). The Morgan fingerprint density at radius 1 is 0.973 bits per heavy atom. The summed E-state index contributed by atoms with van der Waals surface area (Å²) in [7, 11) is 0. The first-order chi connectivity index (χ1) is 17.5. The van der Waals surface area contributed by atoms with E-state index in [0.29, 0.717) is 5.69 Å². The van der Waals surface area contributed by atoms with Crippen LogP contribution in [0.2, 0.25) is 0 Å². The fourth-order valence-corrected chi connectivity index (χ4v) is 3.37. The van der Waals surface area contributed by atoms with Crippen LogP contribution in [-0.4, -0.2) is 30.1 Å². The molecule has 0 fully saturated rings. The molecule has 0 radical (unpaired) electrons. The molecule has 0 heterocycles. The third kappa shape index (κ3) is 7.69. The van der Waals surface area contributed by atoms with Gasteiger partial charge in [0.25, 0.3) is 5.69 Å². The maximum atomic E-state index is 13.3. The number of nitrogens with one attached hydrogen (secondary N) is 3. The van der Waals surface area contributed by atoms with Crippen molar-refractivity contribution >= 4 is 34.8 Å². The summed E-state index contributed by atoms with van der Waals surface area (Å²) in [6.45, 7) is 1.95. The summed E-state index contributed by atoms with van der Waals surface area (Å²) in [6, 6.07) is 15.3. The van der Waals surface area contributed by atoms with E-state index in [-0.39, 0.29) is 36.6 Å². The lowest BCUT2D eigenvalue weighted by molar-refractivity contribution is -0.384. The Morgan fingerprint density at radius 3 is 2.32 bits per heavy atom. The molecule has 37 heavy (non-hydrogen) atoms. The van der Waals surface area contributed by atoms with Gasteiger partial charge in [0.15, 0.2) is 0 Å². The number of alkyl halides is 3. The van der Waals surface area contributed by atoms with Crippen molar-refractivity contribution in [3.8, 4) is 0 Å². The fraction of sp³-hybridized carbons (Fsp3) is 0.200. The average Bonchev–Trinajstić information content (AvgIpc) is 2.85. The highest BCUT2D eigenvalue weighted by Crippen LogP contribution is 2.32. The van der Waals surface area contributed by atoms with Crippen LogP contribution in [0.4, 0.5) is 45.5 Å². The molecule has 0 aliphatic rings. The molecule has 12 heteroatoms. The minimum absolute atomic E-state index is 0.00130. The van der Waals surface area contributed by atoms with E-state index >= 15 is 0 Å². The Morgan fingerprint density at radius 2 is 1.68 bits per heavy atom. The van der Waals surface area contributed by atoms with Gasteiger partial charge in [-0.15, -0.1) is 0 Å². The van der Waals surface area contributed by atoms with Gasteiger partial charge in [-0.3, -0.25) is 15.0 Å². The molecule has 0 aliphatic carbocycles. The van der Waals surface area contributed by atoms with Crippen LogP contribution >= 0.6 is 0 Å². The van der Waals surface area contributed by atoms with E-state index in [4.69, 9.17) is 0 Å². The second kappa shape index (κ2) is 11.9. The third-order valence-electron chi connectivity index (χ3n) is 5.30. The molecule has 0 aliphatic heterocycles. The zero-order valence-corrected chi connectivity index (χ0v) is 19.7. The molecule has 0 aromatic heterocycles. The predicted octanol–water partition coefficient (Wildman–Crippen LogP) is 6.17. The smallest absolute Gasteiger partial charge is 0.338 e. The number of urea groups is 2. The Bertz CT molecular complexity index is 1270. The zero-order chi connectivity index (χ0) is 27.0. The lowest BCUT2D eigenvalue weighted by Crippen LogP contribution is -2.38. The van der Waals surface area contributed by atoms with Gasteiger partial charge in [-0.1, -0.05) is 24.3 Å². The van der Waals surface area contributed by atoms with Crippen LogP contribution < -0.4 is 20.9 Å².